The van der Waals surface area contributed by atoms with E-state index in [0.29, 0.717) is 18.3 Å². The molecule has 0 unspecified atom stereocenters. The van der Waals surface area contributed by atoms with Crippen molar-refractivity contribution in [3.05, 3.63) is 46.9 Å². The first-order valence-corrected chi connectivity index (χ1v) is 6.39. The van der Waals surface area contributed by atoms with Gasteiger partial charge < -0.3 is 5.32 Å². The average Bonchev–Trinajstić information content (AvgIpc) is 2.40. The number of nitrogens with one attached hydrogen (secondary N) is 2. The number of hydrogen-bond acceptors (Lipinski definition) is 5. The van der Waals surface area contributed by atoms with E-state index in [1.54, 1.807) is 6.07 Å². The lowest BCUT2D eigenvalue weighted by Gasteiger charge is -2.09. The Morgan fingerprint density at radius 1 is 1.20 bits per heavy atom. The molecule has 0 amide bonds. The molecule has 106 valence electrons. The average molecular weight is 275 g/mol. The van der Waals surface area contributed by atoms with Gasteiger partial charge in [0.15, 0.2) is 0 Å². The third-order valence-electron chi connectivity index (χ3n) is 2.99. The van der Waals surface area contributed by atoms with Gasteiger partial charge in [0.25, 0.3) is 0 Å². The molecular formula is C14H18FN5. The molecule has 0 radical (unpaired) electrons. The van der Waals surface area contributed by atoms with E-state index in [0.717, 1.165) is 23.2 Å². The molecule has 0 bridgehead atoms. The van der Waals surface area contributed by atoms with Crippen molar-refractivity contribution in [3.63, 3.8) is 0 Å². The zero-order chi connectivity index (χ0) is 14.5. The highest BCUT2D eigenvalue weighted by molar-refractivity contribution is 5.41. The van der Waals surface area contributed by atoms with Gasteiger partial charge in [-0.1, -0.05) is 6.07 Å². The quantitative estimate of drug-likeness (QED) is 0.576. The van der Waals surface area contributed by atoms with Crippen LogP contribution in [0.3, 0.4) is 0 Å². The summed E-state index contributed by atoms with van der Waals surface area (Å²) in [4.78, 5) is 8.31. The molecule has 0 aliphatic heterocycles. The summed E-state index contributed by atoms with van der Waals surface area (Å²) in [5.74, 6) is 6.19. The van der Waals surface area contributed by atoms with Crippen LogP contribution in [0.15, 0.2) is 24.3 Å². The Kier molecular flexibility index (Phi) is 4.47. The van der Waals surface area contributed by atoms with E-state index in [-0.39, 0.29) is 5.82 Å². The number of nitrogens with zero attached hydrogens (tertiary/aromatic N) is 2. The zero-order valence-corrected chi connectivity index (χ0v) is 11.6. The first-order valence-electron chi connectivity index (χ1n) is 6.39. The maximum atomic E-state index is 13.0. The molecular weight excluding hydrogens is 257 g/mol. The Hall–Kier alpha value is -2.21. The van der Waals surface area contributed by atoms with Crippen LogP contribution in [0, 0.1) is 19.7 Å². The number of hydrogen-bond donors (Lipinski definition) is 3. The second-order valence-corrected chi connectivity index (χ2v) is 4.61. The van der Waals surface area contributed by atoms with E-state index < -0.39 is 0 Å². The molecule has 5 nitrogen and oxygen atoms in total. The molecule has 6 heteroatoms. The molecule has 0 fully saturated rings. The van der Waals surface area contributed by atoms with Crippen LogP contribution < -0.4 is 16.6 Å². The Morgan fingerprint density at radius 3 is 2.70 bits per heavy atom. The van der Waals surface area contributed by atoms with Gasteiger partial charge in [-0.2, -0.15) is 4.98 Å². The summed E-state index contributed by atoms with van der Waals surface area (Å²) in [5.41, 5.74) is 5.32. The van der Waals surface area contributed by atoms with Crippen LogP contribution in [0.5, 0.6) is 0 Å². The van der Waals surface area contributed by atoms with E-state index in [4.69, 9.17) is 5.84 Å². The second kappa shape index (κ2) is 6.29. The number of rotatable bonds is 5. The summed E-state index contributed by atoms with van der Waals surface area (Å²) in [5, 5.41) is 3.21. The third-order valence-corrected chi connectivity index (χ3v) is 2.99. The smallest absolute Gasteiger partial charge is 0.239 e. The fraction of sp³-hybridized carbons (Fsp3) is 0.286. The van der Waals surface area contributed by atoms with Crippen molar-refractivity contribution in [1.29, 1.82) is 0 Å². The van der Waals surface area contributed by atoms with Crippen LogP contribution in [0.4, 0.5) is 16.2 Å². The van der Waals surface area contributed by atoms with Crippen molar-refractivity contribution in [2.24, 2.45) is 5.84 Å². The monoisotopic (exact) mass is 275 g/mol. The van der Waals surface area contributed by atoms with Crippen LogP contribution in [-0.4, -0.2) is 16.5 Å². The molecule has 20 heavy (non-hydrogen) atoms. The van der Waals surface area contributed by atoms with E-state index in [1.807, 2.05) is 26.0 Å². The fourth-order valence-corrected chi connectivity index (χ4v) is 1.99. The number of nitrogen functional groups attached to an aromatic ring is 1. The van der Waals surface area contributed by atoms with Gasteiger partial charge in [0.05, 0.1) is 0 Å². The maximum Gasteiger partial charge on any atom is 0.239 e. The molecule has 0 aliphatic rings. The number of benzene rings is 1. The van der Waals surface area contributed by atoms with Crippen LogP contribution in [0.2, 0.25) is 0 Å². The minimum absolute atomic E-state index is 0.204. The number of aromatic nitrogens is 2. The molecule has 4 N–H and O–H groups in total. The van der Waals surface area contributed by atoms with Gasteiger partial charge in [-0.3, -0.25) is 5.43 Å². The van der Waals surface area contributed by atoms with Gasteiger partial charge in [-0.05, 0) is 43.5 Å². The lowest BCUT2D eigenvalue weighted by molar-refractivity contribution is 0.625. The Bertz CT molecular complexity index is 600. The lowest BCUT2D eigenvalue weighted by Crippen LogP contribution is -2.13. The van der Waals surface area contributed by atoms with E-state index >= 15 is 0 Å². The van der Waals surface area contributed by atoms with Gasteiger partial charge in [0, 0.05) is 18.3 Å². The molecule has 0 spiro atoms. The molecule has 1 aromatic carbocycles. The number of hydrazine groups is 1. The number of anilines is 2. The van der Waals surface area contributed by atoms with Crippen LogP contribution >= 0.6 is 0 Å². The highest BCUT2D eigenvalue weighted by Crippen LogP contribution is 2.12. The lowest BCUT2D eigenvalue weighted by atomic mass is 10.1. The largest absolute Gasteiger partial charge is 0.370 e. The molecule has 1 aromatic heterocycles. The van der Waals surface area contributed by atoms with E-state index in [2.05, 4.69) is 20.7 Å². The molecule has 2 rings (SSSR count). The molecule has 2 aromatic rings. The highest BCUT2D eigenvalue weighted by Gasteiger charge is 2.02. The molecule has 0 saturated carbocycles. The van der Waals surface area contributed by atoms with Crippen molar-refractivity contribution in [2.75, 3.05) is 17.3 Å². The van der Waals surface area contributed by atoms with Gasteiger partial charge >= 0.3 is 0 Å². The van der Waals surface area contributed by atoms with Crippen molar-refractivity contribution >= 4 is 11.8 Å². The standard InChI is InChI=1S/C14H18FN5/c1-9-7-12(15)4-3-11(9)5-6-17-13-8-10(2)18-14(19-13)20-16/h3-4,7-8H,5-6,16H2,1-2H3,(H2,17,18,19,20). The first kappa shape index (κ1) is 14.2. The molecule has 0 atom stereocenters. The molecule has 0 aliphatic carbocycles. The number of nitrogens with two attached hydrogens (primary N) is 1. The summed E-state index contributed by atoms with van der Waals surface area (Å²) < 4.78 is 13.0. The topological polar surface area (TPSA) is 75.9 Å². The number of aryl methyl sites for hydroxylation is 2. The summed E-state index contributed by atoms with van der Waals surface area (Å²) in [6.45, 7) is 4.48. The summed E-state index contributed by atoms with van der Waals surface area (Å²) in [6.07, 6.45) is 0.792. The van der Waals surface area contributed by atoms with Gasteiger partial charge in [0.1, 0.15) is 11.6 Å². The third kappa shape index (κ3) is 3.64. The first-order chi connectivity index (χ1) is 9.58. The van der Waals surface area contributed by atoms with Crippen molar-refractivity contribution in [1.82, 2.24) is 9.97 Å². The maximum absolute atomic E-state index is 13.0. The Morgan fingerprint density at radius 2 is 2.00 bits per heavy atom. The highest BCUT2D eigenvalue weighted by atomic mass is 19.1. The summed E-state index contributed by atoms with van der Waals surface area (Å²) in [6, 6.07) is 6.68. The summed E-state index contributed by atoms with van der Waals surface area (Å²) in [7, 11) is 0. The SMILES string of the molecule is Cc1cc(NCCc2ccc(F)cc2C)nc(NN)n1. The minimum Gasteiger partial charge on any atom is -0.370 e. The van der Waals surface area contributed by atoms with Crippen molar-refractivity contribution in [3.8, 4) is 0 Å². The fourth-order valence-electron chi connectivity index (χ4n) is 1.99. The van der Waals surface area contributed by atoms with Crippen molar-refractivity contribution in [2.45, 2.75) is 20.3 Å². The predicted octanol–water partition coefficient (Wildman–Crippen LogP) is 2.17. The summed E-state index contributed by atoms with van der Waals surface area (Å²) >= 11 is 0. The van der Waals surface area contributed by atoms with Gasteiger partial charge in [0.2, 0.25) is 5.95 Å². The van der Waals surface area contributed by atoms with Crippen LogP contribution in [0.1, 0.15) is 16.8 Å². The van der Waals surface area contributed by atoms with Gasteiger partial charge in [-0.25, -0.2) is 15.2 Å². The normalized spacial score (nSPS) is 10.4. The van der Waals surface area contributed by atoms with Crippen molar-refractivity contribution < 1.29 is 4.39 Å². The second-order valence-electron chi connectivity index (χ2n) is 4.61. The van der Waals surface area contributed by atoms with E-state index in [1.165, 1.54) is 6.07 Å². The molecule has 0 saturated heterocycles. The predicted molar refractivity (Wildman–Crippen MR) is 77.9 cm³/mol. The Balaban J connectivity index is 1.97. The van der Waals surface area contributed by atoms with E-state index in [9.17, 15) is 4.39 Å². The number of halogens is 1. The van der Waals surface area contributed by atoms with Crippen LogP contribution in [-0.2, 0) is 6.42 Å². The van der Waals surface area contributed by atoms with Gasteiger partial charge in [-0.15, -0.1) is 0 Å². The van der Waals surface area contributed by atoms with Crippen LogP contribution in [0.25, 0.3) is 0 Å². The minimum atomic E-state index is -0.204. The molecule has 1 heterocycles. The Labute approximate surface area is 117 Å². The zero-order valence-electron chi connectivity index (χ0n) is 11.6.